The smallest absolute Gasteiger partial charge is 0.119 e. The first kappa shape index (κ1) is 11.0. The monoisotopic (exact) mass is 234 g/mol. The SMILES string of the molecule is C[C@@]1([C@H]2C[C@H](F)CN2)CC(F)=CN=C1Cl. The molecule has 0 aromatic carbocycles. The lowest BCUT2D eigenvalue weighted by Gasteiger charge is -2.35. The standard InChI is InChI=1S/C10H13ClF2N2/c1-10(8-2-6(12)4-14-8)3-7(13)5-15-9(10)11/h5-6,8,14H,2-4H2,1H3/t6-,8+,10-/m0/s1. The van der Waals surface area contributed by atoms with Gasteiger partial charge in [-0.1, -0.05) is 18.5 Å². The van der Waals surface area contributed by atoms with Gasteiger partial charge in [-0.15, -0.1) is 0 Å². The fourth-order valence-electron chi connectivity index (χ4n) is 2.19. The van der Waals surface area contributed by atoms with Crippen molar-refractivity contribution in [2.24, 2.45) is 10.4 Å². The average Bonchev–Trinajstić information content (AvgIpc) is 2.59. The minimum absolute atomic E-state index is 0.136. The van der Waals surface area contributed by atoms with Crippen molar-refractivity contribution < 1.29 is 8.78 Å². The Labute approximate surface area is 92.4 Å². The van der Waals surface area contributed by atoms with E-state index in [-0.39, 0.29) is 18.3 Å². The summed E-state index contributed by atoms with van der Waals surface area (Å²) in [6, 6.07) is -0.136. The Morgan fingerprint density at radius 1 is 1.67 bits per heavy atom. The molecule has 2 heterocycles. The number of alkyl halides is 1. The third-order valence-corrected chi connectivity index (χ3v) is 3.70. The Morgan fingerprint density at radius 2 is 2.40 bits per heavy atom. The summed E-state index contributed by atoms with van der Waals surface area (Å²) in [6.07, 6.45) is 0.826. The molecule has 15 heavy (non-hydrogen) atoms. The maximum absolute atomic E-state index is 13.2. The van der Waals surface area contributed by atoms with E-state index >= 15 is 0 Å². The number of allylic oxidation sites excluding steroid dienone is 1. The van der Waals surface area contributed by atoms with Crippen molar-refractivity contribution >= 4 is 16.8 Å². The summed E-state index contributed by atoms with van der Waals surface area (Å²) >= 11 is 5.99. The molecule has 2 rings (SSSR count). The van der Waals surface area contributed by atoms with Gasteiger partial charge in [-0.3, -0.25) is 0 Å². The van der Waals surface area contributed by atoms with Crippen LogP contribution in [0.15, 0.2) is 17.0 Å². The molecule has 5 heteroatoms. The Morgan fingerprint density at radius 3 is 3.00 bits per heavy atom. The second-order valence-electron chi connectivity index (χ2n) is 4.38. The van der Waals surface area contributed by atoms with Gasteiger partial charge in [-0.2, -0.15) is 0 Å². The van der Waals surface area contributed by atoms with Gasteiger partial charge < -0.3 is 5.32 Å². The van der Waals surface area contributed by atoms with E-state index in [1.807, 2.05) is 6.92 Å². The summed E-state index contributed by atoms with van der Waals surface area (Å²) < 4.78 is 26.2. The average molecular weight is 235 g/mol. The van der Waals surface area contributed by atoms with Crippen LogP contribution in [0, 0.1) is 5.41 Å². The van der Waals surface area contributed by atoms with Crippen LogP contribution in [0.5, 0.6) is 0 Å². The predicted molar refractivity (Wildman–Crippen MR) is 56.5 cm³/mol. The van der Waals surface area contributed by atoms with E-state index < -0.39 is 11.6 Å². The second kappa shape index (κ2) is 3.83. The van der Waals surface area contributed by atoms with Crippen LogP contribution >= 0.6 is 11.6 Å². The van der Waals surface area contributed by atoms with E-state index in [2.05, 4.69) is 10.3 Å². The van der Waals surface area contributed by atoms with Gasteiger partial charge in [-0.05, 0) is 6.42 Å². The number of rotatable bonds is 1. The Bertz CT molecular complexity index is 329. The third kappa shape index (κ3) is 1.93. The molecule has 2 aliphatic rings. The van der Waals surface area contributed by atoms with Crippen LogP contribution in [0.3, 0.4) is 0 Å². The predicted octanol–water partition coefficient (Wildman–Crippen LogP) is 2.54. The van der Waals surface area contributed by atoms with Gasteiger partial charge in [0.2, 0.25) is 0 Å². The van der Waals surface area contributed by atoms with Crippen molar-refractivity contribution in [3.63, 3.8) is 0 Å². The topological polar surface area (TPSA) is 24.4 Å². The minimum Gasteiger partial charge on any atom is -0.310 e. The van der Waals surface area contributed by atoms with Crippen molar-refractivity contribution in [3.8, 4) is 0 Å². The molecule has 1 fully saturated rings. The van der Waals surface area contributed by atoms with Crippen molar-refractivity contribution in [2.75, 3.05) is 6.54 Å². The van der Waals surface area contributed by atoms with E-state index in [9.17, 15) is 8.78 Å². The number of nitrogens with one attached hydrogen (secondary N) is 1. The van der Waals surface area contributed by atoms with Crippen molar-refractivity contribution in [2.45, 2.75) is 32.0 Å². The quantitative estimate of drug-likeness (QED) is 0.741. The van der Waals surface area contributed by atoms with Crippen LogP contribution in [-0.4, -0.2) is 23.9 Å². The number of hydrogen-bond donors (Lipinski definition) is 1. The molecular formula is C10H13ClF2N2. The highest BCUT2D eigenvalue weighted by molar-refractivity contribution is 6.66. The highest BCUT2D eigenvalue weighted by Crippen LogP contribution is 2.40. The zero-order chi connectivity index (χ0) is 11.1. The molecule has 2 aliphatic heterocycles. The lowest BCUT2D eigenvalue weighted by molar-refractivity contribution is 0.291. The number of aliphatic imine (C=N–C) groups is 1. The summed E-state index contributed by atoms with van der Waals surface area (Å²) in [5.74, 6) is -0.300. The van der Waals surface area contributed by atoms with Crippen LogP contribution < -0.4 is 5.32 Å². The molecule has 0 saturated carbocycles. The molecular weight excluding hydrogens is 222 g/mol. The number of hydrogen-bond acceptors (Lipinski definition) is 2. The molecule has 2 nitrogen and oxygen atoms in total. The summed E-state index contributed by atoms with van der Waals surface area (Å²) in [5, 5.41) is 3.39. The van der Waals surface area contributed by atoms with E-state index in [4.69, 9.17) is 11.6 Å². The van der Waals surface area contributed by atoms with Crippen LogP contribution in [-0.2, 0) is 0 Å². The van der Waals surface area contributed by atoms with E-state index in [1.165, 1.54) is 0 Å². The third-order valence-electron chi connectivity index (χ3n) is 3.17. The Balaban J connectivity index is 2.20. The first-order chi connectivity index (χ1) is 7.02. The Kier molecular flexibility index (Phi) is 2.81. The summed E-state index contributed by atoms with van der Waals surface area (Å²) in [4.78, 5) is 3.82. The molecule has 3 atom stereocenters. The van der Waals surface area contributed by atoms with Crippen molar-refractivity contribution in [3.05, 3.63) is 12.0 Å². The second-order valence-corrected chi connectivity index (χ2v) is 4.74. The first-order valence-electron chi connectivity index (χ1n) is 4.98. The van der Waals surface area contributed by atoms with Gasteiger partial charge in [0, 0.05) is 24.4 Å². The molecule has 1 N–H and O–H groups in total. The molecule has 0 aliphatic carbocycles. The van der Waals surface area contributed by atoms with Gasteiger partial charge in [0.1, 0.15) is 17.2 Å². The van der Waals surface area contributed by atoms with Gasteiger partial charge >= 0.3 is 0 Å². The summed E-state index contributed by atoms with van der Waals surface area (Å²) in [6.45, 7) is 2.14. The summed E-state index contributed by atoms with van der Waals surface area (Å²) in [5.41, 5.74) is -0.610. The van der Waals surface area contributed by atoms with Gasteiger partial charge in [-0.25, -0.2) is 13.8 Å². The molecule has 1 saturated heterocycles. The Hall–Kier alpha value is -0.480. The maximum atomic E-state index is 13.2. The number of halogens is 3. The highest BCUT2D eigenvalue weighted by atomic mass is 35.5. The molecule has 0 unspecified atom stereocenters. The molecule has 0 radical (unpaired) electrons. The molecule has 0 aromatic rings. The van der Waals surface area contributed by atoms with E-state index in [0.717, 1.165) is 6.20 Å². The fourth-order valence-corrected chi connectivity index (χ4v) is 2.44. The van der Waals surface area contributed by atoms with Crippen LogP contribution in [0.2, 0.25) is 0 Å². The zero-order valence-electron chi connectivity index (χ0n) is 8.43. The summed E-state index contributed by atoms with van der Waals surface area (Å²) in [7, 11) is 0. The van der Waals surface area contributed by atoms with Crippen LogP contribution in [0.25, 0.3) is 0 Å². The van der Waals surface area contributed by atoms with Gasteiger partial charge in [0.25, 0.3) is 0 Å². The lowest BCUT2D eigenvalue weighted by Crippen LogP contribution is -2.44. The van der Waals surface area contributed by atoms with Crippen LogP contribution in [0.4, 0.5) is 8.78 Å². The molecule has 0 bridgehead atoms. The molecule has 0 amide bonds. The van der Waals surface area contributed by atoms with Gasteiger partial charge in [0.15, 0.2) is 0 Å². The first-order valence-corrected chi connectivity index (χ1v) is 5.36. The largest absolute Gasteiger partial charge is 0.310 e. The van der Waals surface area contributed by atoms with Crippen LogP contribution in [0.1, 0.15) is 19.8 Å². The minimum atomic E-state index is -0.870. The lowest BCUT2D eigenvalue weighted by atomic mass is 9.78. The fraction of sp³-hybridized carbons (Fsp3) is 0.700. The van der Waals surface area contributed by atoms with Crippen molar-refractivity contribution in [1.82, 2.24) is 5.32 Å². The van der Waals surface area contributed by atoms with E-state index in [1.54, 1.807) is 0 Å². The van der Waals surface area contributed by atoms with Gasteiger partial charge in [0.05, 0.1) is 6.20 Å². The number of nitrogens with zero attached hydrogens (tertiary/aromatic N) is 1. The molecule has 0 aromatic heterocycles. The maximum Gasteiger partial charge on any atom is 0.119 e. The normalized spacial score (nSPS) is 41.3. The van der Waals surface area contributed by atoms with Crippen molar-refractivity contribution in [1.29, 1.82) is 0 Å². The van der Waals surface area contributed by atoms with E-state index in [0.29, 0.717) is 18.1 Å². The highest BCUT2D eigenvalue weighted by Gasteiger charge is 2.44. The molecule has 84 valence electrons. The zero-order valence-corrected chi connectivity index (χ0v) is 9.19. The molecule has 0 spiro atoms.